The number of benzene rings is 2. The van der Waals surface area contributed by atoms with Crippen LogP contribution in [-0.4, -0.2) is 30.4 Å². The summed E-state index contributed by atoms with van der Waals surface area (Å²) >= 11 is 0. The van der Waals surface area contributed by atoms with Gasteiger partial charge >= 0.3 is 5.97 Å². The van der Waals surface area contributed by atoms with Crippen molar-refractivity contribution >= 4 is 35.2 Å². The molecule has 0 unspecified atom stereocenters. The summed E-state index contributed by atoms with van der Waals surface area (Å²) in [5, 5.41) is 12.1. The van der Waals surface area contributed by atoms with Crippen molar-refractivity contribution in [2.75, 3.05) is 16.8 Å². The lowest BCUT2D eigenvalue weighted by atomic mass is 10.0. The summed E-state index contributed by atoms with van der Waals surface area (Å²) in [6.07, 6.45) is 0.249. The van der Waals surface area contributed by atoms with Crippen LogP contribution in [0.5, 0.6) is 0 Å². The molecule has 7 heteroatoms. The number of nitriles is 1. The van der Waals surface area contributed by atoms with Crippen LogP contribution in [-0.2, 0) is 19.1 Å². The van der Waals surface area contributed by atoms with E-state index in [4.69, 9.17) is 4.74 Å². The number of fused-ring (bicyclic) bond motifs is 1. The lowest BCUT2D eigenvalue weighted by Crippen LogP contribution is -2.47. The van der Waals surface area contributed by atoms with E-state index in [-0.39, 0.29) is 18.0 Å². The van der Waals surface area contributed by atoms with Gasteiger partial charge in [0.05, 0.1) is 11.4 Å². The van der Waals surface area contributed by atoms with Crippen molar-refractivity contribution in [1.29, 1.82) is 5.26 Å². The van der Waals surface area contributed by atoms with Gasteiger partial charge in [0.25, 0.3) is 5.91 Å². The van der Waals surface area contributed by atoms with Gasteiger partial charge in [0.1, 0.15) is 18.2 Å². The number of hydrogen-bond acceptors (Lipinski definition) is 5. The molecule has 0 aliphatic carbocycles. The average Bonchev–Trinajstić information content (AvgIpc) is 2.76. The predicted octanol–water partition coefficient (Wildman–Crippen LogP) is 3.63. The zero-order valence-corrected chi connectivity index (χ0v) is 17.6. The number of rotatable bonds is 5. The highest BCUT2D eigenvalue weighted by atomic mass is 16.5. The molecule has 1 atom stereocenters. The molecule has 1 aliphatic heterocycles. The van der Waals surface area contributed by atoms with Crippen molar-refractivity contribution in [3.05, 3.63) is 65.2 Å². The molecule has 0 saturated carbocycles. The van der Waals surface area contributed by atoms with Gasteiger partial charge in [0.15, 0.2) is 6.10 Å². The Hall–Kier alpha value is -3.92. The molecule has 0 fully saturated rings. The Bertz CT molecular complexity index is 1080. The summed E-state index contributed by atoms with van der Waals surface area (Å²) in [4.78, 5) is 38.6. The number of anilines is 2. The van der Waals surface area contributed by atoms with E-state index in [2.05, 4.69) is 19.2 Å². The van der Waals surface area contributed by atoms with Crippen LogP contribution in [0, 0.1) is 11.3 Å². The van der Waals surface area contributed by atoms with Crippen LogP contribution >= 0.6 is 0 Å². The number of amides is 2. The summed E-state index contributed by atoms with van der Waals surface area (Å²) in [7, 11) is 0. The Morgan fingerprint density at radius 2 is 1.81 bits per heavy atom. The Balaban J connectivity index is 1.74. The monoisotopic (exact) mass is 417 g/mol. The maximum absolute atomic E-state index is 12.9. The van der Waals surface area contributed by atoms with Crippen molar-refractivity contribution in [2.45, 2.75) is 32.8 Å². The van der Waals surface area contributed by atoms with E-state index in [9.17, 15) is 19.6 Å². The van der Waals surface area contributed by atoms with Crippen LogP contribution in [0.25, 0.3) is 6.08 Å². The third-order valence-electron chi connectivity index (χ3n) is 4.92. The van der Waals surface area contributed by atoms with Crippen LogP contribution < -0.4 is 10.2 Å². The fourth-order valence-corrected chi connectivity index (χ4v) is 3.20. The molecular formula is C24H23N3O4. The van der Waals surface area contributed by atoms with E-state index in [0.717, 1.165) is 5.56 Å². The van der Waals surface area contributed by atoms with E-state index < -0.39 is 18.0 Å². The van der Waals surface area contributed by atoms with E-state index in [0.29, 0.717) is 22.9 Å². The molecule has 2 aromatic carbocycles. The number of ether oxygens (including phenoxy) is 1. The normalized spacial score (nSPS) is 14.4. The Labute approximate surface area is 180 Å². The highest BCUT2D eigenvalue weighted by Crippen LogP contribution is 2.29. The van der Waals surface area contributed by atoms with Gasteiger partial charge in [-0.05, 0) is 42.2 Å². The Morgan fingerprint density at radius 3 is 2.45 bits per heavy atom. The second-order valence-electron chi connectivity index (χ2n) is 7.53. The SMILES string of the molecule is CC(C)c1ccc(/C=C(\C#N)C(=O)O[C@H](C)C(=O)N2CC(=O)Nc3ccccc32)cc1. The number of carbonyl (C=O) groups is 3. The average molecular weight is 417 g/mol. The first-order chi connectivity index (χ1) is 14.8. The van der Waals surface area contributed by atoms with Crippen LogP contribution in [0.1, 0.15) is 37.8 Å². The van der Waals surface area contributed by atoms with E-state index in [1.165, 1.54) is 17.9 Å². The number of nitrogens with zero attached hydrogens (tertiary/aromatic N) is 2. The quantitative estimate of drug-likeness (QED) is 0.455. The smallest absolute Gasteiger partial charge is 0.349 e. The van der Waals surface area contributed by atoms with Crippen molar-refractivity contribution in [1.82, 2.24) is 0 Å². The molecule has 158 valence electrons. The van der Waals surface area contributed by atoms with Crippen molar-refractivity contribution in [3.63, 3.8) is 0 Å². The highest BCUT2D eigenvalue weighted by Gasteiger charge is 2.31. The summed E-state index contributed by atoms with van der Waals surface area (Å²) < 4.78 is 5.25. The number of nitrogens with one attached hydrogen (secondary N) is 1. The number of carbonyl (C=O) groups excluding carboxylic acids is 3. The van der Waals surface area contributed by atoms with Crippen molar-refractivity contribution < 1.29 is 19.1 Å². The van der Waals surface area contributed by atoms with Crippen molar-refractivity contribution in [3.8, 4) is 6.07 Å². The summed E-state index contributed by atoms with van der Waals surface area (Å²) in [6, 6.07) is 16.2. The minimum Gasteiger partial charge on any atom is -0.448 e. The van der Waals surface area contributed by atoms with Gasteiger partial charge in [-0.1, -0.05) is 50.2 Å². The van der Waals surface area contributed by atoms with Crippen LogP contribution in [0.3, 0.4) is 0 Å². The maximum atomic E-state index is 12.9. The molecule has 3 rings (SSSR count). The number of esters is 1. The molecule has 31 heavy (non-hydrogen) atoms. The van der Waals surface area contributed by atoms with E-state index >= 15 is 0 Å². The fourth-order valence-electron chi connectivity index (χ4n) is 3.20. The maximum Gasteiger partial charge on any atom is 0.349 e. The minimum atomic E-state index is -1.17. The second kappa shape index (κ2) is 9.26. The number of hydrogen-bond donors (Lipinski definition) is 1. The number of para-hydroxylation sites is 2. The van der Waals surface area contributed by atoms with Crippen molar-refractivity contribution in [2.24, 2.45) is 0 Å². The van der Waals surface area contributed by atoms with Crippen LogP contribution in [0.15, 0.2) is 54.1 Å². The first kappa shape index (κ1) is 21.8. The molecule has 2 aromatic rings. The summed E-state index contributed by atoms with van der Waals surface area (Å²) in [6.45, 7) is 5.39. The van der Waals surface area contributed by atoms with Gasteiger partial charge < -0.3 is 10.1 Å². The third kappa shape index (κ3) is 4.98. The molecule has 0 saturated heterocycles. The molecule has 0 aromatic heterocycles. The van der Waals surface area contributed by atoms with Gasteiger partial charge in [-0.3, -0.25) is 14.5 Å². The largest absolute Gasteiger partial charge is 0.448 e. The zero-order chi connectivity index (χ0) is 22.5. The molecule has 0 bridgehead atoms. The lowest BCUT2D eigenvalue weighted by Gasteiger charge is -2.30. The Kier molecular flexibility index (Phi) is 6.51. The van der Waals surface area contributed by atoms with E-state index in [1.54, 1.807) is 24.3 Å². The molecule has 0 spiro atoms. The highest BCUT2D eigenvalue weighted by molar-refractivity contribution is 6.11. The third-order valence-corrected chi connectivity index (χ3v) is 4.92. The topological polar surface area (TPSA) is 99.5 Å². The molecule has 1 aliphatic rings. The van der Waals surface area contributed by atoms with Crippen LogP contribution in [0.2, 0.25) is 0 Å². The minimum absolute atomic E-state index is 0.180. The van der Waals surface area contributed by atoms with Gasteiger partial charge in [-0.2, -0.15) is 5.26 Å². The summed E-state index contributed by atoms with van der Waals surface area (Å²) in [5.41, 5.74) is 2.64. The van der Waals surface area contributed by atoms with Gasteiger partial charge in [0, 0.05) is 0 Å². The molecule has 7 nitrogen and oxygen atoms in total. The van der Waals surface area contributed by atoms with Gasteiger partial charge in [-0.15, -0.1) is 0 Å². The standard InChI is InChI=1S/C24H23N3O4/c1-15(2)18-10-8-17(9-11-18)12-19(13-25)24(30)31-16(3)23(29)27-14-22(28)26-20-6-4-5-7-21(20)27/h4-12,15-16H,14H2,1-3H3,(H,26,28)/b19-12+/t16-/m1/s1. The van der Waals surface area contributed by atoms with Crippen LogP contribution in [0.4, 0.5) is 11.4 Å². The molecule has 0 radical (unpaired) electrons. The first-order valence-corrected chi connectivity index (χ1v) is 9.93. The molecular weight excluding hydrogens is 394 g/mol. The zero-order valence-electron chi connectivity index (χ0n) is 17.6. The van der Waals surface area contributed by atoms with E-state index in [1.807, 2.05) is 30.3 Å². The van der Waals surface area contributed by atoms with Gasteiger partial charge in [0.2, 0.25) is 5.91 Å². The fraction of sp³-hybridized carbons (Fsp3) is 0.250. The molecule has 1 N–H and O–H groups in total. The lowest BCUT2D eigenvalue weighted by molar-refractivity contribution is -0.149. The van der Waals surface area contributed by atoms with Gasteiger partial charge in [-0.25, -0.2) is 4.79 Å². The molecule has 1 heterocycles. The predicted molar refractivity (Wildman–Crippen MR) is 117 cm³/mol. The summed E-state index contributed by atoms with van der Waals surface area (Å²) in [5.74, 6) is -1.42. The first-order valence-electron chi connectivity index (χ1n) is 9.93. The second-order valence-corrected chi connectivity index (χ2v) is 7.53. The molecule has 2 amide bonds. The Morgan fingerprint density at radius 1 is 1.13 bits per heavy atom.